The lowest BCUT2D eigenvalue weighted by Gasteiger charge is -2.33. The van der Waals surface area contributed by atoms with Crippen LogP contribution in [0.3, 0.4) is 0 Å². The van der Waals surface area contributed by atoms with Crippen molar-refractivity contribution in [3.63, 3.8) is 0 Å². The number of hydrogen-bond donors (Lipinski definition) is 0. The van der Waals surface area contributed by atoms with Gasteiger partial charge in [0.1, 0.15) is 9.24 Å². The van der Waals surface area contributed by atoms with Crippen molar-refractivity contribution in [1.29, 1.82) is 0 Å². The van der Waals surface area contributed by atoms with Crippen LogP contribution in [-0.2, 0) is 19.6 Å². The number of para-hydroxylation sites is 2. The normalized spacial score (nSPS) is 17.7. The number of morpholine rings is 1. The summed E-state index contributed by atoms with van der Waals surface area (Å²) in [6, 6.07) is 11.1. The lowest BCUT2D eigenvalue weighted by molar-refractivity contribution is -0.129. The first-order chi connectivity index (χ1) is 16.9. The van der Waals surface area contributed by atoms with Gasteiger partial charge in [-0.05, 0) is 40.2 Å². The Balaban J connectivity index is 1.25. The summed E-state index contributed by atoms with van der Waals surface area (Å²) in [5.74, 6) is 0.964. The minimum atomic E-state index is -3.54. The number of carbonyl (C=O) groups excluding carboxylic acids is 1. The number of hydrogen-bond acceptors (Lipinski definition) is 9. The molecule has 2 aliphatic rings. The van der Waals surface area contributed by atoms with E-state index in [0.29, 0.717) is 30.5 Å². The van der Waals surface area contributed by atoms with Gasteiger partial charge < -0.3 is 14.5 Å². The van der Waals surface area contributed by atoms with E-state index in [1.807, 2.05) is 24.3 Å². The number of amides is 1. The van der Waals surface area contributed by atoms with Crippen LogP contribution < -0.4 is 4.90 Å². The van der Waals surface area contributed by atoms with Crippen LogP contribution in [0.25, 0.3) is 11.0 Å². The Bertz CT molecular complexity index is 1320. The van der Waals surface area contributed by atoms with E-state index in [4.69, 9.17) is 14.7 Å². The van der Waals surface area contributed by atoms with Gasteiger partial charge in [0.25, 0.3) is 10.0 Å². The van der Waals surface area contributed by atoms with Crippen LogP contribution >= 0.6 is 39.0 Å². The fourth-order valence-electron chi connectivity index (χ4n) is 4.02. The maximum Gasteiger partial charge on any atom is 0.252 e. The molecule has 0 spiro atoms. The number of anilines is 1. The van der Waals surface area contributed by atoms with Gasteiger partial charge in [0.2, 0.25) is 5.91 Å². The number of fused-ring (bicyclic) bond motifs is 1. The third-order valence-electron chi connectivity index (χ3n) is 5.90. The fourth-order valence-corrected chi connectivity index (χ4v) is 8.51. The zero-order valence-electron chi connectivity index (χ0n) is 18.8. The number of aromatic nitrogens is 2. The molecule has 0 unspecified atom stereocenters. The summed E-state index contributed by atoms with van der Waals surface area (Å²) < 4.78 is 33.7. The predicted octanol–water partition coefficient (Wildman–Crippen LogP) is 2.92. The van der Waals surface area contributed by atoms with Crippen LogP contribution in [0.2, 0.25) is 0 Å². The van der Waals surface area contributed by atoms with Crippen LogP contribution in [0, 0.1) is 0 Å². The molecular weight excluding hydrogens is 574 g/mol. The van der Waals surface area contributed by atoms with E-state index in [0.717, 1.165) is 38.8 Å². The molecule has 35 heavy (non-hydrogen) atoms. The molecule has 0 saturated carbocycles. The molecular formula is C22H24BrN5O4S3. The van der Waals surface area contributed by atoms with Crippen LogP contribution in [0.5, 0.6) is 0 Å². The molecule has 2 aliphatic heterocycles. The number of thioether (sulfide) groups is 1. The minimum Gasteiger partial charge on any atom is -0.378 e. The third kappa shape index (κ3) is 5.49. The average Bonchev–Trinajstić information content (AvgIpc) is 3.34. The Labute approximate surface area is 220 Å². The Morgan fingerprint density at radius 2 is 1.69 bits per heavy atom. The predicted molar refractivity (Wildman–Crippen MR) is 141 cm³/mol. The van der Waals surface area contributed by atoms with Crippen molar-refractivity contribution in [2.75, 3.05) is 63.1 Å². The van der Waals surface area contributed by atoms with Crippen molar-refractivity contribution in [3.05, 3.63) is 40.2 Å². The SMILES string of the molecule is O=C(CSc1nc2ccccc2nc1N1CCOCC1)N1CCN(S(=O)(=O)c2ccc(Br)s2)CC1. The highest BCUT2D eigenvalue weighted by atomic mass is 79.9. The summed E-state index contributed by atoms with van der Waals surface area (Å²) >= 11 is 5.89. The molecule has 5 rings (SSSR count). The first-order valence-corrected chi connectivity index (χ1v) is 15.2. The average molecular weight is 599 g/mol. The van der Waals surface area contributed by atoms with Crippen molar-refractivity contribution in [3.8, 4) is 0 Å². The molecule has 3 aromatic rings. The summed E-state index contributed by atoms with van der Waals surface area (Å²) in [6.45, 7) is 4.01. The van der Waals surface area contributed by atoms with Crippen LogP contribution in [0.15, 0.2) is 49.4 Å². The molecule has 2 saturated heterocycles. The van der Waals surface area contributed by atoms with Crippen LogP contribution in [-0.4, -0.2) is 91.7 Å². The lowest BCUT2D eigenvalue weighted by Crippen LogP contribution is -2.50. The van der Waals surface area contributed by atoms with Gasteiger partial charge in [0, 0.05) is 39.3 Å². The highest BCUT2D eigenvalue weighted by Crippen LogP contribution is 2.31. The van der Waals surface area contributed by atoms with Crippen LogP contribution in [0.1, 0.15) is 0 Å². The van der Waals surface area contributed by atoms with E-state index in [1.54, 1.807) is 17.0 Å². The number of ether oxygens (including phenoxy) is 1. The van der Waals surface area contributed by atoms with E-state index in [9.17, 15) is 13.2 Å². The zero-order valence-corrected chi connectivity index (χ0v) is 22.8. The highest BCUT2D eigenvalue weighted by molar-refractivity contribution is 9.11. The molecule has 0 radical (unpaired) electrons. The summed E-state index contributed by atoms with van der Waals surface area (Å²) in [5, 5.41) is 0.725. The monoisotopic (exact) mass is 597 g/mol. The number of piperazine rings is 1. The largest absolute Gasteiger partial charge is 0.378 e. The topological polar surface area (TPSA) is 95.9 Å². The molecule has 186 valence electrons. The molecule has 0 aliphatic carbocycles. The van der Waals surface area contributed by atoms with Gasteiger partial charge in [-0.2, -0.15) is 4.31 Å². The van der Waals surface area contributed by atoms with Gasteiger partial charge in [-0.3, -0.25) is 4.79 Å². The molecule has 2 aromatic heterocycles. The van der Waals surface area contributed by atoms with Gasteiger partial charge in [-0.25, -0.2) is 18.4 Å². The van der Waals surface area contributed by atoms with Gasteiger partial charge in [-0.15, -0.1) is 11.3 Å². The van der Waals surface area contributed by atoms with Crippen molar-refractivity contribution >= 4 is 71.8 Å². The van der Waals surface area contributed by atoms with Crippen molar-refractivity contribution in [2.45, 2.75) is 9.24 Å². The number of benzene rings is 1. The maximum atomic E-state index is 13.0. The standard InChI is InChI=1S/C22H24BrN5O4S3/c23-18-5-6-20(34-18)35(30,31)28-9-7-26(8-10-28)19(29)15-33-22-21(27-11-13-32-14-12-27)24-16-3-1-2-4-17(16)25-22/h1-6H,7-15H2. The Kier molecular flexibility index (Phi) is 7.61. The van der Waals surface area contributed by atoms with E-state index >= 15 is 0 Å². The highest BCUT2D eigenvalue weighted by Gasteiger charge is 2.31. The Hall–Kier alpha value is -1.77. The van der Waals surface area contributed by atoms with Crippen molar-refractivity contribution < 1.29 is 17.9 Å². The summed E-state index contributed by atoms with van der Waals surface area (Å²) in [7, 11) is -3.54. The second-order valence-electron chi connectivity index (χ2n) is 8.07. The van der Waals surface area contributed by atoms with Crippen molar-refractivity contribution in [2.24, 2.45) is 0 Å². The number of rotatable bonds is 6. The molecule has 13 heteroatoms. The van der Waals surface area contributed by atoms with E-state index < -0.39 is 10.0 Å². The van der Waals surface area contributed by atoms with E-state index in [-0.39, 0.29) is 24.7 Å². The summed E-state index contributed by atoms with van der Waals surface area (Å²) in [5.41, 5.74) is 1.61. The number of nitrogens with zero attached hydrogens (tertiary/aromatic N) is 5. The van der Waals surface area contributed by atoms with Gasteiger partial charge in [-0.1, -0.05) is 23.9 Å². The Morgan fingerprint density at radius 3 is 2.34 bits per heavy atom. The second-order valence-corrected chi connectivity index (χ2v) is 13.7. The number of thiophene rings is 1. The first kappa shape index (κ1) is 24.9. The molecule has 1 amide bonds. The molecule has 9 nitrogen and oxygen atoms in total. The zero-order chi connectivity index (χ0) is 24.4. The molecule has 0 bridgehead atoms. The summed E-state index contributed by atoms with van der Waals surface area (Å²) in [4.78, 5) is 26.5. The summed E-state index contributed by atoms with van der Waals surface area (Å²) in [6.07, 6.45) is 0. The fraction of sp³-hybridized carbons (Fsp3) is 0.409. The van der Waals surface area contributed by atoms with E-state index in [1.165, 1.54) is 27.4 Å². The van der Waals surface area contributed by atoms with E-state index in [2.05, 4.69) is 20.8 Å². The molecule has 4 heterocycles. The number of carbonyl (C=O) groups is 1. The van der Waals surface area contributed by atoms with Gasteiger partial charge >= 0.3 is 0 Å². The molecule has 0 N–H and O–H groups in total. The van der Waals surface area contributed by atoms with Gasteiger partial charge in [0.05, 0.1) is 33.8 Å². The van der Waals surface area contributed by atoms with Gasteiger partial charge in [0.15, 0.2) is 5.82 Å². The second kappa shape index (κ2) is 10.7. The molecule has 0 atom stereocenters. The smallest absolute Gasteiger partial charge is 0.252 e. The Morgan fingerprint density at radius 1 is 1.00 bits per heavy atom. The molecule has 1 aromatic carbocycles. The quantitative estimate of drug-likeness (QED) is 0.400. The number of halogens is 1. The lowest BCUT2D eigenvalue weighted by atomic mass is 10.3. The molecule has 2 fully saturated rings. The van der Waals surface area contributed by atoms with Crippen molar-refractivity contribution in [1.82, 2.24) is 19.2 Å². The van der Waals surface area contributed by atoms with Crippen LogP contribution in [0.4, 0.5) is 5.82 Å². The first-order valence-electron chi connectivity index (χ1n) is 11.2. The third-order valence-corrected chi connectivity index (χ3v) is 10.8. The number of sulfonamides is 1. The maximum absolute atomic E-state index is 13.0. The minimum absolute atomic E-state index is 0.0335.